The van der Waals surface area contributed by atoms with E-state index in [0.29, 0.717) is 5.56 Å². The van der Waals surface area contributed by atoms with E-state index in [2.05, 4.69) is 5.32 Å². The minimum Gasteiger partial charge on any atom is -0.385 e. The molecule has 0 radical (unpaired) electrons. The van der Waals surface area contributed by atoms with Crippen molar-refractivity contribution in [2.75, 3.05) is 25.6 Å². The third-order valence-electron chi connectivity index (χ3n) is 2.02. The highest BCUT2D eigenvalue weighted by atomic mass is 16.5. The Balaban J connectivity index is 2.39. The summed E-state index contributed by atoms with van der Waals surface area (Å²) in [5.74, 6) is -0.402. The number of carbonyl (C=O) groups excluding carboxylic acids is 1. The molecule has 82 valence electrons. The molecule has 15 heavy (non-hydrogen) atoms. The summed E-state index contributed by atoms with van der Waals surface area (Å²) in [7, 11) is 1.68. The maximum atomic E-state index is 10.8. The Kier molecular flexibility index (Phi) is 4.63. The second-order valence-electron chi connectivity index (χ2n) is 3.21. The summed E-state index contributed by atoms with van der Waals surface area (Å²) in [5, 5.41) is 3.21. The lowest BCUT2D eigenvalue weighted by Crippen LogP contribution is -2.11. The van der Waals surface area contributed by atoms with E-state index in [4.69, 9.17) is 10.5 Å². The predicted octanol–water partition coefficient (Wildman–Crippen LogP) is 1.23. The van der Waals surface area contributed by atoms with Crippen LogP contribution in [-0.4, -0.2) is 26.2 Å². The van der Waals surface area contributed by atoms with Gasteiger partial charge in [0.25, 0.3) is 0 Å². The number of rotatable bonds is 6. The first-order valence-corrected chi connectivity index (χ1v) is 4.86. The smallest absolute Gasteiger partial charge is 0.248 e. The van der Waals surface area contributed by atoms with Crippen LogP contribution in [0.15, 0.2) is 24.3 Å². The van der Waals surface area contributed by atoms with Crippen molar-refractivity contribution in [2.24, 2.45) is 5.73 Å². The van der Waals surface area contributed by atoms with Crippen LogP contribution in [0, 0.1) is 0 Å². The van der Waals surface area contributed by atoms with Crippen molar-refractivity contribution < 1.29 is 9.53 Å². The summed E-state index contributed by atoms with van der Waals surface area (Å²) >= 11 is 0. The number of benzene rings is 1. The van der Waals surface area contributed by atoms with E-state index in [0.717, 1.165) is 25.3 Å². The fraction of sp³-hybridized carbons (Fsp3) is 0.364. The molecule has 0 aliphatic rings. The lowest BCUT2D eigenvalue weighted by Gasteiger charge is -2.05. The van der Waals surface area contributed by atoms with Crippen LogP contribution in [0.3, 0.4) is 0 Å². The Morgan fingerprint density at radius 3 is 2.60 bits per heavy atom. The van der Waals surface area contributed by atoms with Crippen molar-refractivity contribution in [1.82, 2.24) is 0 Å². The molecule has 3 N–H and O–H groups in total. The van der Waals surface area contributed by atoms with Gasteiger partial charge in [-0.2, -0.15) is 0 Å². The fourth-order valence-electron chi connectivity index (χ4n) is 1.20. The van der Waals surface area contributed by atoms with Crippen LogP contribution >= 0.6 is 0 Å². The second-order valence-corrected chi connectivity index (χ2v) is 3.21. The van der Waals surface area contributed by atoms with Crippen LogP contribution in [-0.2, 0) is 4.74 Å². The van der Waals surface area contributed by atoms with E-state index in [1.165, 1.54) is 0 Å². The summed E-state index contributed by atoms with van der Waals surface area (Å²) in [5.41, 5.74) is 6.64. The lowest BCUT2D eigenvalue weighted by molar-refractivity contribution is 0.100. The summed E-state index contributed by atoms with van der Waals surface area (Å²) < 4.78 is 4.93. The van der Waals surface area contributed by atoms with E-state index in [-0.39, 0.29) is 0 Å². The Labute approximate surface area is 89.4 Å². The topological polar surface area (TPSA) is 64.3 Å². The number of nitrogens with two attached hydrogens (primary N) is 1. The van der Waals surface area contributed by atoms with E-state index < -0.39 is 5.91 Å². The summed E-state index contributed by atoms with van der Waals surface area (Å²) in [4.78, 5) is 10.8. The molecule has 0 aliphatic heterocycles. The molecule has 1 aromatic carbocycles. The number of nitrogens with one attached hydrogen (secondary N) is 1. The van der Waals surface area contributed by atoms with Gasteiger partial charge in [0.05, 0.1) is 0 Å². The van der Waals surface area contributed by atoms with Gasteiger partial charge in [-0.1, -0.05) is 0 Å². The Morgan fingerprint density at radius 1 is 1.40 bits per heavy atom. The molecule has 1 aromatic rings. The monoisotopic (exact) mass is 208 g/mol. The van der Waals surface area contributed by atoms with Gasteiger partial charge in [-0.3, -0.25) is 4.79 Å². The van der Waals surface area contributed by atoms with Crippen LogP contribution in [0.5, 0.6) is 0 Å². The first-order valence-electron chi connectivity index (χ1n) is 4.86. The minimum atomic E-state index is -0.402. The molecule has 0 aliphatic carbocycles. The minimum absolute atomic E-state index is 0.402. The lowest BCUT2D eigenvalue weighted by atomic mass is 10.2. The highest BCUT2D eigenvalue weighted by molar-refractivity contribution is 5.93. The third kappa shape index (κ3) is 3.99. The number of amides is 1. The molecular weight excluding hydrogens is 192 g/mol. The average molecular weight is 208 g/mol. The van der Waals surface area contributed by atoms with Crippen molar-refractivity contribution in [3.8, 4) is 0 Å². The quantitative estimate of drug-likeness (QED) is 0.691. The maximum absolute atomic E-state index is 10.8. The van der Waals surface area contributed by atoms with Crippen LogP contribution in [0.2, 0.25) is 0 Å². The molecular formula is C11H16N2O2. The largest absolute Gasteiger partial charge is 0.385 e. The van der Waals surface area contributed by atoms with Gasteiger partial charge in [0.2, 0.25) is 5.91 Å². The average Bonchev–Trinajstić information content (AvgIpc) is 2.25. The Hall–Kier alpha value is -1.55. The number of primary amides is 1. The predicted molar refractivity (Wildman–Crippen MR) is 59.9 cm³/mol. The molecule has 4 heteroatoms. The number of carbonyl (C=O) groups is 1. The van der Waals surface area contributed by atoms with Crippen molar-refractivity contribution >= 4 is 11.6 Å². The SMILES string of the molecule is COCCCNc1ccc(C(N)=O)cc1. The van der Waals surface area contributed by atoms with Gasteiger partial charge in [0.1, 0.15) is 0 Å². The van der Waals surface area contributed by atoms with Crippen LogP contribution in [0.4, 0.5) is 5.69 Å². The van der Waals surface area contributed by atoms with Crippen molar-refractivity contribution in [3.63, 3.8) is 0 Å². The first kappa shape index (κ1) is 11.5. The molecule has 0 spiro atoms. The molecule has 0 bridgehead atoms. The Morgan fingerprint density at radius 2 is 2.07 bits per heavy atom. The maximum Gasteiger partial charge on any atom is 0.248 e. The van der Waals surface area contributed by atoms with Crippen LogP contribution in [0.25, 0.3) is 0 Å². The van der Waals surface area contributed by atoms with Crippen LogP contribution in [0.1, 0.15) is 16.8 Å². The van der Waals surface area contributed by atoms with Gasteiger partial charge in [0.15, 0.2) is 0 Å². The number of methoxy groups -OCH3 is 1. The first-order chi connectivity index (χ1) is 7.24. The van der Waals surface area contributed by atoms with Crippen LogP contribution < -0.4 is 11.1 Å². The fourth-order valence-corrected chi connectivity index (χ4v) is 1.20. The molecule has 0 saturated carbocycles. The molecule has 0 heterocycles. The van der Waals surface area contributed by atoms with E-state index in [1.54, 1.807) is 19.2 Å². The van der Waals surface area contributed by atoms with Crippen molar-refractivity contribution in [2.45, 2.75) is 6.42 Å². The number of hydrogen-bond acceptors (Lipinski definition) is 3. The third-order valence-corrected chi connectivity index (χ3v) is 2.02. The Bertz CT molecular complexity index is 309. The zero-order valence-electron chi connectivity index (χ0n) is 8.82. The van der Waals surface area contributed by atoms with Gasteiger partial charge in [-0.25, -0.2) is 0 Å². The van der Waals surface area contributed by atoms with Gasteiger partial charge in [-0.05, 0) is 30.7 Å². The summed E-state index contributed by atoms with van der Waals surface area (Å²) in [6.45, 7) is 1.59. The zero-order chi connectivity index (χ0) is 11.1. The van der Waals surface area contributed by atoms with Gasteiger partial charge < -0.3 is 15.8 Å². The normalized spacial score (nSPS) is 9.93. The zero-order valence-corrected chi connectivity index (χ0v) is 8.82. The van der Waals surface area contributed by atoms with Gasteiger partial charge in [-0.15, -0.1) is 0 Å². The molecule has 0 saturated heterocycles. The highest BCUT2D eigenvalue weighted by Crippen LogP contribution is 2.08. The summed E-state index contributed by atoms with van der Waals surface area (Å²) in [6.07, 6.45) is 0.952. The van der Waals surface area contributed by atoms with E-state index >= 15 is 0 Å². The van der Waals surface area contributed by atoms with E-state index in [9.17, 15) is 4.79 Å². The molecule has 0 aromatic heterocycles. The molecule has 0 fully saturated rings. The number of anilines is 1. The van der Waals surface area contributed by atoms with Crippen molar-refractivity contribution in [1.29, 1.82) is 0 Å². The molecule has 0 atom stereocenters. The molecule has 0 unspecified atom stereocenters. The highest BCUT2D eigenvalue weighted by Gasteiger charge is 1.98. The molecule has 1 rings (SSSR count). The van der Waals surface area contributed by atoms with Crippen molar-refractivity contribution in [3.05, 3.63) is 29.8 Å². The number of hydrogen-bond donors (Lipinski definition) is 2. The second kappa shape index (κ2) is 6.03. The van der Waals surface area contributed by atoms with Gasteiger partial charge >= 0.3 is 0 Å². The summed E-state index contributed by atoms with van der Waals surface area (Å²) in [6, 6.07) is 7.10. The van der Waals surface area contributed by atoms with E-state index in [1.807, 2.05) is 12.1 Å². The standard InChI is InChI=1S/C11H16N2O2/c1-15-8-2-7-13-10-5-3-9(4-6-10)11(12)14/h3-6,13H,2,7-8H2,1H3,(H2,12,14). The van der Waals surface area contributed by atoms with Gasteiger partial charge in [0, 0.05) is 31.5 Å². The molecule has 4 nitrogen and oxygen atoms in total. The number of ether oxygens (including phenoxy) is 1. The molecule has 1 amide bonds.